The van der Waals surface area contributed by atoms with E-state index in [4.69, 9.17) is 0 Å². The Hall–Kier alpha value is 0.440. The molecule has 0 aromatic heterocycles. The summed E-state index contributed by atoms with van der Waals surface area (Å²) in [5.74, 6) is 0.777. The summed E-state index contributed by atoms with van der Waals surface area (Å²) in [6.45, 7) is 11.6. The third kappa shape index (κ3) is 5.69. The van der Waals surface area contributed by atoms with Crippen molar-refractivity contribution in [3.05, 3.63) is 0 Å². The number of hydrogen-bond acceptors (Lipinski definition) is 1. The van der Waals surface area contributed by atoms with Crippen LogP contribution in [0.25, 0.3) is 0 Å². The maximum atomic E-state index is 3.52. The second kappa shape index (κ2) is 7.81. The molecule has 0 bridgehead atoms. The van der Waals surface area contributed by atoms with Gasteiger partial charge in [-0.2, -0.15) is 0 Å². The Balaban J connectivity index is 4.03. The summed E-state index contributed by atoms with van der Waals surface area (Å²) < 4.78 is 0. The lowest BCUT2D eigenvalue weighted by Crippen LogP contribution is -2.38. The largest absolute Gasteiger partial charge is 0.299 e. The van der Waals surface area contributed by atoms with Crippen molar-refractivity contribution in [2.75, 3.05) is 18.4 Å². The number of hydrogen-bond donors (Lipinski definition) is 0. The maximum Gasteiger partial charge on any atom is 0.0159 e. The quantitative estimate of drug-likeness (QED) is 0.625. The second-order valence-electron chi connectivity index (χ2n) is 4.05. The van der Waals surface area contributed by atoms with E-state index in [0.717, 1.165) is 17.3 Å². The minimum Gasteiger partial charge on any atom is -0.299 e. The molecule has 0 unspecified atom stereocenters. The summed E-state index contributed by atoms with van der Waals surface area (Å²) in [5, 5.41) is 1.09. The van der Waals surface area contributed by atoms with E-state index in [0.29, 0.717) is 0 Å². The molecule has 0 aliphatic rings. The number of alkyl halides is 1. The first-order valence-electron chi connectivity index (χ1n) is 5.45. The van der Waals surface area contributed by atoms with Gasteiger partial charge in [0.1, 0.15) is 0 Å². The van der Waals surface area contributed by atoms with E-state index >= 15 is 0 Å². The maximum absolute atomic E-state index is 3.52. The van der Waals surface area contributed by atoms with E-state index < -0.39 is 0 Å². The molecule has 0 N–H and O–H groups in total. The minimum absolute atomic E-state index is 0.777. The monoisotopic (exact) mass is 249 g/mol. The summed E-state index contributed by atoms with van der Waals surface area (Å²) in [6.07, 6.45) is 2.55. The van der Waals surface area contributed by atoms with Crippen LogP contribution in [0.15, 0.2) is 0 Å². The minimum atomic E-state index is 0.777. The van der Waals surface area contributed by atoms with Crippen molar-refractivity contribution >= 4 is 15.9 Å². The number of halogens is 1. The van der Waals surface area contributed by atoms with Crippen LogP contribution in [0.5, 0.6) is 0 Å². The van der Waals surface area contributed by atoms with Gasteiger partial charge in [0.15, 0.2) is 0 Å². The molecular weight excluding hydrogens is 226 g/mol. The Kier molecular flexibility index (Phi) is 8.07. The molecule has 1 nitrogen and oxygen atoms in total. The normalized spacial score (nSPS) is 12.0. The Bertz CT molecular complexity index is 111. The van der Waals surface area contributed by atoms with Crippen molar-refractivity contribution < 1.29 is 0 Å². The van der Waals surface area contributed by atoms with Gasteiger partial charge >= 0.3 is 0 Å². The molecule has 0 aromatic rings. The van der Waals surface area contributed by atoms with Crippen molar-refractivity contribution in [2.45, 2.75) is 46.6 Å². The van der Waals surface area contributed by atoms with E-state index in [1.54, 1.807) is 0 Å². The number of rotatable bonds is 7. The van der Waals surface area contributed by atoms with Crippen molar-refractivity contribution in [1.29, 1.82) is 0 Å². The van der Waals surface area contributed by atoms with Crippen LogP contribution in [-0.2, 0) is 0 Å². The first-order valence-corrected chi connectivity index (χ1v) is 6.57. The van der Waals surface area contributed by atoms with Crippen LogP contribution >= 0.6 is 15.9 Å². The van der Waals surface area contributed by atoms with Crippen molar-refractivity contribution in [2.24, 2.45) is 5.92 Å². The third-order valence-corrected chi connectivity index (χ3v) is 2.78. The summed E-state index contributed by atoms with van der Waals surface area (Å²) in [7, 11) is 0. The highest BCUT2D eigenvalue weighted by molar-refractivity contribution is 9.09. The lowest BCUT2D eigenvalue weighted by molar-refractivity contribution is 0.177. The van der Waals surface area contributed by atoms with E-state index in [9.17, 15) is 0 Å². The zero-order valence-electron chi connectivity index (χ0n) is 9.52. The van der Waals surface area contributed by atoms with Crippen LogP contribution in [-0.4, -0.2) is 29.4 Å². The van der Waals surface area contributed by atoms with E-state index in [1.807, 2.05) is 0 Å². The molecule has 2 heteroatoms. The third-order valence-electron chi connectivity index (χ3n) is 2.43. The summed E-state index contributed by atoms with van der Waals surface area (Å²) in [5.41, 5.74) is 0. The standard InChI is InChI=1S/C11H24BrN/c1-5-11(6-2)13(8-7-12)9-10(3)4/h10-11H,5-9H2,1-4H3. The molecule has 0 saturated heterocycles. The first kappa shape index (κ1) is 13.4. The van der Waals surface area contributed by atoms with Crippen LogP contribution < -0.4 is 0 Å². The van der Waals surface area contributed by atoms with Gasteiger partial charge in [0.25, 0.3) is 0 Å². The fraction of sp³-hybridized carbons (Fsp3) is 1.00. The highest BCUT2D eigenvalue weighted by Crippen LogP contribution is 2.11. The molecule has 0 spiro atoms. The average molecular weight is 250 g/mol. The van der Waals surface area contributed by atoms with Crippen LogP contribution in [0.4, 0.5) is 0 Å². The van der Waals surface area contributed by atoms with E-state index in [-0.39, 0.29) is 0 Å². The average Bonchev–Trinajstić information content (AvgIpc) is 2.05. The zero-order valence-corrected chi connectivity index (χ0v) is 11.1. The number of nitrogens with zero attached hydrogens (tertiary/aromatic N) is 1. The molecular formula is C11H24BrN. The van der Waals surface area contributed by atoms with Gasteiger partial charge in [-0.15, -0.1) is 0 Å². The van der Waals surface area contributed by atoms with E-state index in [2.05, 4.69) is 48.5 Å². The first-order chi connectivity index (χ1) is 6.15. The topological polar surface area (TPSA) is 3.24 Å². The van der Waals surface area contributed by atoms with Gasteiger partial charge < -0.3 is 0 Å². The molecule has 0 amide bonds. The van der Waals surface area contributed by atoms with Gasteiger partial charge in [0.2, 0.25) is 0 Å². The van der Waals surface area contributed by atoms with Gasteiger partial charge in [-0.1, -0.05) is 43.6 Å². The molecule has 0 saturated carbocycles. The van der Waals surface area contributed by atoms with Crippen molar-refractivity contribution in [3.63, 3.8) is 0 Å². The van der Waals surface area contributed by atoms with Gasteiger partial charge in [-0.3, -0.25) is 4.90 Å². The van der Waals surface area contributed by atoms with Crippen LogP contribution in [0.3, 0.4) is 0 Å². The zero-order chi connectivity index (χ0) is 10.3. The van der Waals surface area contributed by atoms with Crippen LogP contribution in [0.1, 0.15) is 40.5 Å². The highest BCUT2D eigenvalue weighted by atomic mass is 79.9. The second-order valence-corrected chi connectivity index (χ2v) is 4.84. The predicted octanol–water partition coefficient (Wildman–Crippen LogP) is 3.53. The Morgan fingerprint density at radius 3 is 2.00 bits per heavy atom. The Labute approximate surface area is 92.0 Å². The Morgan fingerprint density at radius 2 is 1.69 bits per heavy atom. The van der Waals surface area contributed by atoms with E-state index in [1.165, 1.54) is 25.9 Å². The van der Waals surface area contributed by atoms with Gasteiger partial charge in [0.05, 0.1) is 0 Å². The molecule has 0 heterocycles. The molecule has 0 atom stereocenters. The fourth-order valence-corrected chi connectivity index (χ4v) is 2.26. The summed E-state index contributed by atoms with van der Waals surface area (Å²) >= 11 is 3.52. The van der Waals surface area contributed by atoms with Crippen LogP contribution in [0, 0.1) is 5.92 Å². The van der Waals surface area contributed by atoms with Gasteiger partial charge in [-0.25, -0.2) is 0 Å². The lowest BCUT2D eigenvalue weighted by atomic mass is 10.1. The molecule has 0 fully saturated rings. The molecule has 0 rings (SSSR count). The molecule has 0 radical (unpaired) electrons. The fourth-order valence-electron chi connectivity index (χ4n) is 1.81. The SMILES string of the molecule is CCC(CC)N(CCBr)CC(C)C. The lowest BCUT2D eigenvalue weighted by Gasteiger charge is -2.31. The molecule has 0 aliphatic heterocycles. The smallest absolute Gasteiger partial charge is 0.0159 e. The predicted molar refractivity (Wildman–Crippen MR) is 64.6 cm³/mol. The molecule has 0 aliphatic carbocycles. The highest BCUT2D eigenvalue weighted by Gasteiger charge is 2.14. The van der Waals surface area contributed by atoms with Gasteiger partial charge in [0, 0.05) is 24.5 Å². The summed E-state index contributed by atoms with van der Waals surface area (Å²) in [6, 6.07) is 0.778. The molecule has 0 aromatic carbocycles. The van der Waals surface area contributed by atoms with Crippen LogP contribution in [0.2, 0.25) is 0 Å². The molecule has 13 heavy (non-hydrogen) atoms. The van der Waals surface area contributed by atoms with Gasteiger partial charge in [-0.05, 0) is 18.8 Å². The van der Waals surface area contributed by atoms with Crippen molar-refractivity contribution in [1.82, 2.24) is 4.90 Å². The summed E-state index contributed by atoms with van der Waals surface area (Å²) in [4.78, 5) is 2.61. The van der Waals surface area contributed by atoms with Crippen molar-refractivity contribution in [3.8, 4) is 0 Å². The molecule has 80 valence electrons. The Morgan fingerprint density at radius 1 is 1.15 bits per heavy atom.